The third kappa shape index (κ3) is 3.79. The molecule has 6 heteroatoms. The van der Waals surface area contributed by atoms with Crippen LogP contribution in [0.1, 0.15) is 30.1 Å². The minimum atomic E-state index is -0.239. The van der Waals surface area contributed by atoms with E-state index in [4.69, 9.17) is 9.47 Å². The number of nitrogens with zero attached hydrogens (tertiary/aromatic N) is 1. The normalized spacial score (nSPS) is 13.6. The molecule has 2 aromatic carbocycles. The highest BCUT2D eigenvalue weighted by molar-refractivity contribution is 6.05. The molecular formula is C20H22N2O4. The van der Waals surface area contributed by atoms with Crippen molar-refractivity contribution < 1.29 is 19.1 Å². The first kappa shape index (κ1) is 17.8. The second-order valence-electron chi connectivity index (χ2n) is 5.95. The van der Waals surface area contributed by atoms with Crippen LogP contribution in [0.25, 0.3) is 0 Å². The number of benzene rings is 2. The van der Waals surface area contributed by atoms with Crippen molar-refractivity contribution in [2.75, 3.05) is 30.5 Å². The summed E-state index contributed by atoms with van der Waals surface area (Å²) >= 11 is 0. The van der Waals surface area contributed by atoms with Gasteiger partial charge in [-0.15, -0.1) is 0 Å². The summed E-state index contributed by atoms with van der Waals surface area (Å²) in [5, 5.41) is 2.85. The van der Waals surface area contributed by atoms with E-state index in [9.17, 15) is 9.59 Å². The Balaban J connectivity index is 1.70. The maximum absolute atomic E-state index is 12.5. The Morgan fingerprint density at radius 3 is 2.54 bits per heavy atom. The number of hydrogen-bond acceptors (Lipinski definition) is 4. The summed E-state index contributed by atoms with van der Waals surface area (Å²) in [6.07, 6.45) is 1.48. The average Bonchev–Trinajstić information content (AvgIpc) is 3.09. The Hall–Kier alpha value is -3.02. The molecule has 1 aliphatic heterocycles. The lowest BCUT2D eigenvalue weighted by Crippen LogP contribution is -2.23. The number of hydrogen-bond donors (Lipinski definition) is 1. The number of anilines is 2. The maximum atomic E-state index is 12.5. The molecule has 0 atom stereocenters. The molecule has 0 bridgehead atoms. The van der Waals surface area contributed by atoms with Crippen LogP contribution < -0.4 is 19.7 Å². The summed E-state index contributed by atoms with van der Waals surface area (Å²) in [4.78, 5) is 26.0. The number of carbonyl (C=O) groups excluding carboxylic acids is 2. The van der Waals surface area contributed by atoms with E-state index in [0.29, 0.717) is 35.8 Å². The van der Waals surface area contributed by atoms with Crippen LogP contribution in [0.4, 0.5) is 11.4 Å². The molecule has 1 saturated heterocycles. The summed E-state index contributed by atoms with van der Waals surface area (Å²) in [5.41, 5.74) is 2.00. The van der Waals surface area contributed by atoms with Gasteiger partial charge in [-0.1, -0.05) is 0 Å². The SMILES string of the molecule is CCOc1ccc(C(=O)Nc2ccc(N3CCCC3=O)cc2)cc1OC. The first-order valence-electron chi connectivity index (χ1n) is 8.65. The second kappa shape index (κ2) is 7.91. The highest BCUT2D eigenvalue weighted by atomic mass is 16.5. The zero-order valence-corrected chi connectivity index (χ0v) is 15.0. The van der Waals surface area contributed by atoms with Gasteiger partial charge in [0.1, 0.15) is 0 Å². The summed E-state index contributed by atoms with van der Waals surface area (Å²) in [7, 11) is 1.54. The molecule has 0 unspecified atom stereocenters. The molecule has 1 aliphatic rings. The first-order chi connectivity index (χ1) is 12.6. The van der Waals surface area contributed by atoms with Crippen molar-refractivity contribution >= 4 is 23.2 Å². The smallest absolute Gasteiger partial charge is 0.255 e. The van der Waals surface area contributed by atoms with E-state index in [2.05, 4.69) is 5.32 Å². The lowest BCUT2D eigenvalue weighted by atomic mass is 10.1. The van der Waals surface area contributed by atoms with Crippen LogP contribution in [0.2, 0.25) is 0 Å². The lowest BCUT2D eigenvalue weighted by molar-refractivity contribution is -0.117. The van der Waals surface area contributed by atoms with E-state index < -0.39 is 0 Å². The Bertz CT molecular complexity index is 802. The van der Waals surface area contributed by atoms with Crippen molar-refractivity contribution in [3.63, 3.8) is 0 Å². The largest absolute Gasteiger partial charge is 0.493 e. The summed E-state index contributed by atoms with van der Waals surface area (Å²) < 4.78 is 10.7. The Morgan fingerprint density at radius 1 is 1.15 bits per heavy atom. The Kier molecular flexibility index (Phi) is 5.41. The molecule has 26 heavy (non-hydrogen) atoms. The minimum absolute atomic E-state index is 0.142. The van der Waals surface area contributed by atoms with Crippen molar-refractivity contribution in [1.82, 2.24) is 0 Å². The zero-order chi connectivity index (χ0) is 18.5. The number of carbonyl (C=O) groups is 2. The number of amides is 2. The molecule has 0 saturated carbocycles. The van der Waals surface area contributed by atoms with Crippen LogP contribution in [-0.4, -0.2) is 32.1 Å². The summed E-state index contributed by atoms with van der Waals surface area (Å²) in [5.74, 6) is 1.02. The Labute approximate surface area is 152 Å². The number of ether oxygens (including phenoxy) is 2. The zero-order valence-electron chi connectivity index (χ0n) is 15.0. The van der Waals surface area contributed by atoms with E-state index in [-0.39, 0.29) is 11.8 Å². The van der Waals surface area contributed by atoms with Crippen molar-refractivity contribution in [2.24, 2.45) is 0 Å². The van der Waals surface area contributed by atoms with Gasteiger partial charge >= 0.3 is 0 Å². The van der Waals surface area contributed by atoms with E-state index in [1.54, 1.807) is 35.2 Å². The molecule has 0 radical (unpaired) electrons. The van der Waals surface area contributed by atoms with E-state index in [0.717, 1.165) is 18.7 Å². The fraction of sp³-hybridized carbons (Fsp3) is 0.300. The third-order valence-corrected chi connectivity index (χ3v) is 4.24. The van der Waals surface area contributed by atoms with Gasteiger partial charge in [0.25, 0.3) is 5.91 Å². The molecule has 1 heterocycles. The topological polar surface area (TPSA) is 67.9 Å². The molecule has 1 fully saturated rings. The van der Waals surface area contributed by atoms with Crippen LogP contribution in [0, 0.1) is 0 Å². The summed E-state index contributed by atoms with van der Waals surface area (Å²) in [6.45, 7) is 3.16. The van der Waals surface area contributed by atoms with Crippen LogP contribution in [0.3, 0.4) is 0 Å². The van der Waals surface area contributed by atoms with Crippen molar-refractivity contribution in [3.8, 4) is 11.5 Å². The molecule has 136 valence electrons. The van der Waals surface area contributed by atoms with Crippen LogP contribution in [0.15, 0.2) is 42.5 Å². The van der Waals surface area contributed by atoms with Gasteiger partial charge in [-0.05, 0) is 55.8 Å². The first-order valence-corrected chi connectivity index (χ1v) is 8.65. The molecule has 2 amide bonds. The van der Waals surface area contributed by atoms with Gasteiger partial charge in [0, 0.05) is 29.9 Å². The quantitative estimate of drug-likeness (QED) is 0.862. The van der Waals surface area contributed by atoms with Crippen molar-refractivity contribution in [1.29, 1.82) is 0 Å². The summed E-state index contributed by atoms with van der Waals surface area (Å²) in [6, 6.07) is 12.3. The second-order valence-corrected chi connectivity index (χ2v) is 5.95. The lowest BCUT2D eigenvalue weighted by Gasteiger charge is -2.16. The van der Waals surface area contributed by atoms with Gasteiger partial charge < -0.3 is 19.7 Å². The number of methoxy groups -OCH3 is 1. The highest BCUT2D eigenvalue weighted by Crippen LogP contribution is 2.28. The average molecular weight is 354 g/mol. The van der Waals surface area contributed by atoms with E-state index in [1.165, 1.54) is 7.11 Å². The fourth-order valence-electron chi connectivity index (χ4n) is 2.93. The highest BCUT2D eigenvalue weighted by Gasteiger charge is 2.21. The molecule has 2 aromatic rings. The molecule has 0 aliphatic carbocycles. The molecule has 3 rings (SSSR count). The van der Waals surface area contributed by atoms with Gasteiger partial charge in [-0.2, -0.15) is 0 Å². The minimum Gasteiger partial charge on any atom is -0.493 e. The Morgan fingerprint density at radius 2 is 1.92 bits per heavy atom. The van der Waals surface area contributed by atoms with Crippen molar-refractivity contribution in [2.45, 2.75) is 19.8 Å². The molecule has 1 N–H and O–H groups in total. The third-order valence-electron chi connectivity index (χ3n) is 4.24. The van der Waals surface area contributed by atoms with Crippen LogP contribution in [0.5, 0.6) is 11.5 Å². The molecule has 0 spiro atoms. The van der Waals surface area contributed by atoms with Gasteiger partial charge in [-0.3, -0.25) is 9.59 Å². The van der Waals surface area contributed by atoms with Gasteiger partial charge in [0.15, 0.2) is 11.5 Å². The standard InChI is InChI=1S/C20H22N2O4/c1-3-26-17-11-6-14(13-18(17)25-2)20(24)21-15-7-9-16(10-8-15)22-12-4-5-19(22)23/h6-11,13H,3-5,12H2,1-2H3,(H,21,24). The van der Waals surface area contributed by atoms with Gasteiger partial charge in [-0.25, -0.2) is 0 Å². The van der Waals surface area contributed by atoms with Gasteiger partial charge in [0.05, 0.1) is 13.7 Å². The molecule has 6 nitrogen and oxygen atoms in total. The maximum Gasteiger partial charge on any atom is 0.255 e. The van der Waals surface area contributed by atoms with E-state index >= 15 is 0 Å². The predicted molar refractivity (Wildman–Crippen MR) is 100 cm³/mol. The molecule has 0 aromatic heterocycles. The monoisotopic (exact) mass is 354 g/mol. The van der Waals surface area contributed by atoms with Gasteiger partial charge in [0.2, 0.25) is 5.91 Å². The predicted octanol–water partition coefficient (Wildman–Crippen LogP) is 3.47. The number of nitrogens with one attached hydrogen (secondary N) is 1. The fourth-order valence-corrected chi connectivity index (χ4v) is 2.93. The van der Waals surface area contributed by atoms with Crippen LogP contribution >= 0.6 is 0 Å². The van der Waals surface area contributed by atoms with Crippen molar-refractivity contribution in [3.05, 3.63) is 48.0 Å². The number of rotatable bonds is 6. The molecular weight excluding hydrogens is 332 g/mol. The van der Waals surface area contributed by atoms with E-state index in [1.807, 2.05) is 19.1 Å². The van der Waals surface area contributed by atoms with Crippen LogP contribution in [-0.2, 0) is 4.79 Å².